The number of rotatable bonds is 5. The molecular formula is C19H19ClN2O3. The van der Waals surface area contributed by atoms with Crippen LogP contribution in [0.1, 0.15) is 17.5 Å². The Hall–Kier alpha value is -2.53. The Labute approximate surface area is 151 Å². The second kappa shape index (κ2) is 7.57. The molecule has 2 aromatic carbocycles. The average Bonchev–Trinajstić information content (AvgIpc) is 3.12. The van der Waals surface area contributed by atoms with Crippen LogP contribution in [0, 0.1) is 0 Å². The zero-order chi connectivity index (χ0) is 17.8. The molecule has 25 heavy (non-hydrogen) atoms. The average molecular weight is 359 g/mol. The molecule has 0 aliphatic carbocycles. The van der Waals surface area contributed by atoms with Gasteiger partial charge in [-0.2, -0.15) is 0 Å². The zero-order valence-corrected chi connectivity index (χ0v) is 14.9. The maximum atomic E-state index is 12.7. The molecule has 0 fully saturated rings. The highest BCUT2D eigenvalue weighted by molar-refractivity contribution is 6.30. The Bertz CT molecular complexity index is 793. The van der Waals surface area contributed by atoms with Gasteiger partial charge in [-0.05, 0) is 23.8 Å². The van der Waals surface area contributed by atoms with Gasteiger partial charge in [0.1, 0.15) is 5.75 Å². The molecule has 3 rings (SSSR count). The number of benzene rings is 2. The molecule has 0 N–H and O–H groups in total. The Balaban J connectivity index is 1.65. The van der Waals surface area contributed by atoms with Crippen LogP contribution in [0.25, 0.3) is 0 Å². The van der Waals surface area contributed by atoms with Gasteiger partial charge in [-0.3, -0.25) is 4.79 Å². The lowest BCUT2D eigenvalue weighted by atomic mass is 10.0. The van der Waals surface area contributed by atoms with Crippen molar-refractivity contribution in [3.05, 3.63) is 64.7 Å². The van der Waals surface area contributed by atoms with Gasteiger partial charge in [0.25, 0.3) is 5.91 Å². The second-order valence-corrected chi connectivity index (χ2v) is 6.29. The molecular weight excluding hydrogens is 340 g/mol. The molecule has 0 bridgehead atoms. The summed E-state index contributed by atoms with van der Waals surface area (Å²) in [5, 5.41) is 4.67. The lowest BCUT2D eigenvalue weighted by Gasteiger charge is -2.21. The van der Waals surface area contributed by atoms with Gasteiger partial charge in [-0.1, -0.05) is 47.1 Å². The minimum atomic E-state index is -0.606. The molecule has 6 heteroatoms. The number of hydrogen-bond donors (Lipinski definition) is 0. The summed E-state index contributed by atoms with van der Waals surface area (Å²) >= 11 is 6.05. The summed E-state index contributed by atoms with van der Waals surface area (Å²) < 4.78 is 5.33. The molecule has 0 spiro atoms. The molecule has 1 aliphatic heterocycles. The van der Waals surface area contributed by atoms with Crippen LogP contribution in [0.15, 0.2) is 53.7 Å². The van der Waals surface area contributed by atoms with Gasteiger partial charge < -0.3 is 14.5 Å². The number of nitrogens with zero attached hydrogens (tertiary/aromatic N) is 2. The monoisotopic (exact) mass is 358 g/mol. The molecule has 0 saturated carbocycles. The Morgan fingerprint density at radius 2 is 2.08 bits per heavy atom. The van der Waals surface area contributed by atoms with Crippen molar-refractivity contribution in [2.45, 2.75) is 19.1 Å². The van der Waals surface area contributed by atoms with Crippen LogP contribution in [0.5, 0.6) is 5.75 Å². The van der Waals surface area contributed by atoms with Gasteiger partial charge in [0.15, 0.2) is 0 Å². The van der Waals surface area contributed by atoms with Gasteiger partial charge in [0.05, 0.1) is 12.8 Å². The van der Waals surface area contributed by atoms with E-state index in [0.717, 1.165) is 16.8 Å². The molecule has 0 saturated heterocycles. The van der Waals surface area contributed by atoms with Gasteiger partial charge in [0.2, 0.25) is 6.10 Å². The third kappa shape index (κ3) is 3.94. The molecule has 1 atom stereocenters. The third-order valence-electron chi connectivity index (χ3n) is 4.08. The van der Waals surface area contributed by atoms with Gasteiger partial charge in [-0.25, -0.2) is 0 Å². The van der Waals surface area contributed by atoms with Gasteiger partial charge >= 0.3 is 0 Å². The zero-order valence-electron chi connectivity index (χ0n) is 14.1. The molecule has 2 aromatic rings. The van der Waals surface area contributed by atoms with E-state index in [0.29, 0.717) is 23.7 Å². The lowest BCUT2D eigenvalue weighted by molar-refractivity contribution is -0.141. The van der Waals surface area contributed by atoms with Crippen molar-refractivity contribution >= 4 is 23.2 Å². The number of methoxy groups -OCH3 is 1. The van der Waals surface area contributed by atoms with Gasteiger partial charge in [0, 0.05) is 30.6 Å². The van der Waals surface area contributed by atoms with E-state index >= 15 is 0 Å². The summed E-state index contributed by atoms with van der Waals surface area (Å²) in [6.45, 7) is 0.378. The van der Waals surface area contributed by atoms with E-state index in [1.54, 1.807) is 37.3 Å². The highest BCUT2D eigenvalue weighted by Gasteiger charge is 2.31. The number of halogens is 1. The molecule has 130 valence electrons. The fourth-order valence-electron chi connectivity index (χ4n) is 2.76. The highest BCUT2D eigenvalue weighted by atomic mass is 35.5. The normalized spacial score (nSPS) is 16.1. The van der Waals surface area contributed by atoms with Crippen LogP contribution in [-0.2, 0) is 16.2 Å². The topological polar surface area (TPSA) is 51.1 Å². The summed E-state index contributed by atoms with van der Waals surface area (Å²) in [6.07, 6.45) is -0.148. The molecule has 5 nitrogen and oxygen atoms in total. The van der Waals surface area contributed by atoms with E-state index in [1.807, 2.05) is 30.3 Å². The smallest absolute Gasteiger partial charge is 0.266 e. The van der Waals surface area contributed by atoms with Crippen molar-refractivity contribution in [1.82, 2.24) is 4.90 Å². The standard InChI is InChI=1S/C19H19ClN2O3/c1-22(12-14-10-15(20)8-9-17(14)24-2)19(23)18-11-16(21-25-18)13-6-4-3-5-7-13/h3-10,18H,11-12H2,1-2H3. The minimum Gasteiger partial charge on any atom is -0.496 e. The summed E-state index contributed by atoms with van der Waals surface area (Å²) in [6, 6.07) is 15.1. The summed E-state index contributed by atoms with van der Waals surface area (Å²) in [7, 11) is 3.32. The first-order valence-corrected chi connectivity index (χ1v) is 8.32. The van der Waals surface area contributed by atoms with E-state index in [1.165, 1.54) is 0 Å². The Morgan fingerprint density at radius 1 is 1.32 bits per heavy atom. The first-order chi connectivity index (χ1) is 12.1. The molecule has 0 radical (unpaired) electrons. The maximum Gasteiger partial charge on any atom is 0.266 e. The molecule has 0 aromatic heterocycles. The Kier molecular flexibility index (Phi) is 5.24. The SMILES string of the molecule is COc1ccc(Cl)cc1CN(C)C(=O)C1CC(c2ccccc2)=NO1. The van der Waals surface area contributed by atoms with E-state index in [2.05, 4.69) is 5.16 Å². The van der Waals surface area contributed by atoms with E-state index in [-0.39, 0.29) is 5.91 Å². The van der Waals surface area contributed by atoms with Crippen LogP contribution >= 0.6 is 11.6 Å². The number of hydrogen-bond acceptors (Lipinski definition) is 4. The predicted octanol–water partition coefficient (Wildman–Crippen LogP) is 3.50. The largest absolute Gasteiger partial charge is 0.496 e. The molecule has 1 unspecified atom stereocenters. The highest BCUT2D eigenvalue weighted by Crippen LogP contribution is 2.25. The maximum absolute atomic E-state index is 12.7. The van der Waals surface area contributed by atoms with Crippen LogP contribution < -0.4 is 4.74 Å². The summed E-state index contributed by atoms with van der Waals surface area (Å²) in [5.74, 6) is 0.564. The number of oxime groups is 1. The van der Waals surface area contributed by atoms with Crippen molar-refractivity contribution in [3.63, 3.8) is 0 Å². The minimum absolute atomic E-state index is 0.128. The van der Waals surface area contributed by atoms with Crippen LogP contribution in [0.4, 0.5) is 0 Å². The first-order valence-electron chi connectivity index (χ1n) is 7.94. The van der Waals surface area contributed by atoms with Crippen LogP contribution in [0.2, 0.25) is 5.02 Å². The van der Waals surface area contributed by atoms with Crippen molar-refractivity contribution < 1.29 is 14.4 Å². The van der Waals surface area contributed by atoms with Crippen molar-refractivity contribution in [1.29, 1.82) is 0 Å². The fourth-order valence-corrected chi connectivity index (χ4v) is 2.96. The number of carbonyl (C=O) groups is 1. The third-order valence-corrected chi connectivity index (χ3v) is 4.31. The van der Waals surface area contributed by atoms with Crippen molar-refractivity contribution in [2.75, 3.05) is 14.2 Å². The number of likely N-dealkylation sites (N-methyl/N-ethyl adjacent to an activating group) is 1. The van der Waals surface area contributed by atoms with E-state index in [9.17, 15) is 4.79 Å². The first kappa shape index (κ1) is 17.3. The predicted molar refractivity (Wildman–Crippen MR) is 96.9 cm³/mol. The lowest BCUT2D eigenvalue weighted by Crippen LogP contribution is -2.36. The van der Waals surface area contributed by atoms with Crippen LogP contribution in [-0.4, -0.2) is 36.8 Å². The van der Waals surface area contributed by atoms with Crippen LogP contribution in [0.3, 0.4) is 0 Å². The van der Waals surface area contributed by atoms with Crippen molar-refractivity contribution in [3.8, 4) is 5.75 Å². The number of amides is 1. The van der Waals surface area contributed by atoms with Gasteiger partial charge in [-0.15, -0.1) is 0 Å². The van der Waals surface area contributed by atoms with Crippen molar-refractivity contribution in [2.24, 2.45) is 5.16 Å². The fraction of sp³-hybridized carbons (Fsp3) is 0.263. The quantitative estimate of drug-likeness (QED) is 0.822. The molecule has 1 aliphatic rings. The number of carbonyl (C=O) groups excluding carboxylic acids is 1. The number of ether oxygens (including phenoxy) is 1. The van der Waals surface area contributed by atoms with E-state index in [4.69, 9.17) is 21.2 Å². The second-order valence-electron chi connectivity index (χ2n) is 5.85. The Morgan fingerprint density at radius 3 is 2.80 bits per heavy atom. The summed E-state index contributed by atoms with van der Waals surface area (Å²) in [5.41, 5.74) is 2.60. The van der Waals surface area contributed by atoms with E-state index < -0.39 is 6.10 Å². The molecule has 1 heterocycles. The summed E-state index contributed by atoms with van der Waals surface area (Å²) in [4.78, 5) is 19.6. The molecule has 1 amide bonds.